The Morgan fingerprint density at radius 3 is 2.40 bits per heavy atom. The Morgan fingerprint density at radius 2 is 1.72 bits per heavy atom. The van der Waals surface area contributed by atoms with Crippen LogP contribution in [0.1, 0.15) is 20.8 Å². The van der Waals surface area contributed by atoms with Crippen molar-refractivity contribution in [3.63, 3.8) is 0 Å². The van der Waals surface area contributed by atoms with Gasteiger partial charge in [0.05, 0.1) is 5.69 Å². The number of pyridine rings is 1. The summed E-state index contributed by atoms with van der Waals surface area (Å²) in [5.41, 5.74) is 2.65. The summed E-state index contributed by atoms with van der Waals surface area (Å²) in [6.07, 6.45) is 3.52. The number of halogens is 1. The normalized spacial score (nSPS) is 11.2. The van der Waals surface area contributed by atoms with Crippen molar-refractivity contribution in [3.8, 4) is 11.3 Å². The first-order chi connectivity index (χ1) is 11.9. The predicted molar refractivity (Wildman–Crippen MR) is 106 cm³/mol. The molecule has 0 radical (unpaired) electrons. The van der Waals surface area contributed by atoms with Crippen molar-refractivity contribution in [1.29, 1.82) is 0 Å². The number of anilines is 3. The van der Waals surface area contributed by atoms with Crippen LogP contribution in [0, 0.1) is 0 Å². The molecule has 0 bridgehead atoms. The minimum atomic E-state index is -0.135. The second-order valence-electron chi connectivity index (χ2n) is 6.71. The molecule has 0 amide bonds. The molecule has 0 atom stereocenters. The first kappa shape index (κ1) is 17.4. The van der Waals surface area contributed by atoms with Gasteiger partial charge in [0.2, 0.25) is 5.95 Å². The van der Waals surface area contributed by atoms with Gasteiger partial charge in [0.25, 0.3) is 0 Å². The third-order valence-corrected chi connectivity index (χ3v) is 3.78. The van der Waals surface area contributed by atoms with Gasteiger partial charge in [-0.15, -0.1) is 0 Å². The van der Waals surface area contributed by atoms with E-state index in [9.17, 15) is 0 Å². The van der Waals surface area contributed by atoms with E-state index in [-0.39, 0.29) is 5.54 Å². The van der Waals surface area contributed by atoms with E-state index in [1.807, 2.05) is 42.5 Å². The summed E-state index contributed by atoms with van der Waals surface area (Å²) in [7, 11) is 0. The molecule has 2 N–H and O–H groups in total. The second-order valence-corrected chi connectivity index (χ2v) is 7.62. The largest absolute Gasteiger partial charge is 0.350 e. The lowest BCUT2D eigenvalue weighted by Crippen LogP contribution is -2.27. The van der Waals surface area contributed by atoms with Crippen molar-refractivity contribution in [2.75, 3.05) is 10.6 Å². The van der Waals surface area contributed by atoms with Crippen molar-refractivity contribution >= 4 is 33.4 Å². The van der Waals surface area contributed by atoms with E-state index in [2.05, 4.69) is 62.3 Å². The van der Waals surface area contributed by atoms with Crippen LogP contribution in [-0.2, 0) is 0 Å². The average molecular weight is 398 g/mol. The van der Waals surface area contributed by atoms with Gasteiger partial charge in [-0.1, -0.05) is 22.0 Å². The highest BCUT2D eigenvalue weighted by Gasteiger charge is 2.14. The molecular weight excluding hydrogens is 378 g/mol. The summed E-state index contributed by atoms with van der Waals surface area (Å²) in [6.45, 7) is 6.24. The van der Waals surface area contributed by atoms with Gasteiger partial charge in [0.15, 0.2) is 0 Å². The maximum absolute atomic E-state index is 4.65. The number of aromatic nitrogens is 3. The van der Waals surface area contributed by atoms with Gasteiger partial charge in [0.1, 0.15) is 5.82 Å². The molecule has 0 unspecified atom stereocenters. The Bertz CT molecular complexity index is 859. The summed E-state index contributed by atoms with van der Waals surface area (Å²) in [5.74, 6) is 1.31. The third-order valence-electron chi connectivity index (χ3n) is 3.29. The molecule has 5 nitrogen and oxygen atoms in total. The molecule has 25 heavy (non-hydrogen) atoms. The molecule has 0 aliphatic carbocycles. The predicted octanol–water partition coefficient (Wildman–Crippen LogP) is 5.26. The zero-order chi connectivity index (χ0) is 17.9. The summed E-state index contributed by atoms with van der Waals surface area (Å²) in [4.78, 5) is 13.3. The van der Waals surface area contributed by atoms with Gasteiger partial charge in [-0.05, 0) is 51.1 Å². The lowest BCUT2D eigenvalue weighted by atomic mass is 10.1. The first-order valence-corrected chi connectivity index (χ1v) is 8.79. The van der Waals surface area contributed by atoms with E-state index < -0.39 is 0 Å². The standard InChI is InChI=1S/C19H20BrN5/c1-19(2,3)25-18-23-16(13-7-9-21-10-8-13)12-17(24-18)22-15-6-4-5-14(20)11-15/h4-12H,1-3H3,(H2,22,23,24,25). The van der Waals surface area contributed by atoms with Crippen molar-refractivity contribution in [3.05, 3.63) is 59.3 Å². The highest BCUT2D eigenvalue weighted by molar-refractivity contribution is 9.10. The zero-order valence-corrected chi connectivity index (χ0v) is 16.0. The van der Waals surface area contributed by atoms with Crippen LogP contribution in [0.3, 0.4) is 0 Å². The lowest BCUT2D eigenvalue weighted by Gasteiger charge is -2.21. The van der Waals surface area contributed by atoms with Crippen molar-refractivity contribution in [1.82, 2.24) is 15.0 Å². The van der Waals surface area contributed by atoms with Gasteiger partial charge in [0, 0.05) is 39.7 Å². The van der Waals surface area contributed by atoms with E-state index in [1.54, 1.807) is 12.4 Å². The molecule has 3 aromatic rings. The summed E-state index contributed by atoms with van der Waals surface area (Å²) < 4.78 is 1.01. The maximum atomic E-state index is 4.65. The zero-order valence-electron chi connectivity index (χ0n) is 14.4. The second kappa shape index (κ2) is 7.19. The SMILES string of the molecule is CC(C)(C)Nc1nc(Nc2cccc(Br)c2)cc(-c2ccncc2)n1. The van der Waals surface area contributed by atoms with E-state index in [0.29, 0.717) is 5.95 Å². The number of hydrogen-bond acceptors (Lipinski definition) is 5. The minimum Gasteiger partial charge on any atom is -0.350 e. The molecule has 0 aliphatic rings. The number of nitrogens with zero attached hydrogens (tertiary/aromatic N) is 3. The Hall–Kier alpha value is -2.47. The topological polar surface area (TPSA) is 62.7 Å². The fraction of sp³-hybridized carbons (Fsp3) is 0.211. The van der Waals surface area contributed by atoms with E-state index in [0.717, 1.165) is 27.2 Å². The molecule has 6 heteroatoms. The maximum Gasteiger partial charge on any atom is 0.225 e. The highest BCUT2D eigenvalue weighted by atomic mass is 79.9. The van der Waals surface area contributed by atoms with Gasteiger partial charge in [-0.2, -0.15) is 4.98 Å². The molecule has 1 aromatic carbocycles. The van der Waals surface area contributed by atoms with Crippen LogP contribution in [0.5, 0.6) is 0 Å². The molecule has 0 saturated carbocycles. The molecule has 3 rings (SSSR count). The first-order valence-electron chi connectivity index (χ1n) is 7.99. The Morgan fingerprint density at radius 1 is 0.960 bits per heavy atom. The molecule has 2 heterocycles. The van der Waals surface area contributed by atoms with Gasteiger partial charge >= 0.3 is 0 Å². The highest BCUT2D eigenvalue weighted by Crippen LogP contribution is 2.25. The van der Waals surface area contributed by atoms with Crippen LogP contribution in [0.4, 0.5) is 17.5 Å². The number of benzene rings is 1. The fourth-order valence-electron chi connectivity index (χ4n) is 2.29. The monoisotopic (exact) mass is 397 g/mol. The molecule has 0 fully saturated rings. The molecule has 128 valence electrons. The van der Waals surface area contributed by atoms with Crippen molar-refractivity contribution < 1.29 is 0 Å². The van der Waals surface area contributed by atoms with E-state index in [4.69, 9.17) is 0 Å². The van der Waals surface area contributed by atoms with Crippen LogP contribution in [0.25, 0.3) is 11.3 Å². The number of nitrogens with one attached hydrogen (secondary N) is 2. The summed E-state index contributed by atoms with van der Waals surface area (Å²) in [5, 5.41) is 6.69. The van der Waals surface area contributed by atoms with Crippen LogP contribution < -0.4 is 10.6 Å². The van der Waals surface area contributed by atoms with Gasteiger partial charge in [-0.3, -0.25) is 4.98 Å². The van der Waals surface area contributed by atoms with Crippen LogP contribution in [0.2, 0.25) is 0 Å². The van der Waals surface area contributed by atoms with Crippen LogP contribution in [0.15, 0.2) is 59.3 Å². The Labute approximate surface area is 156 Å². The van der Waals surface area contributed by atoms with Gasteiger partial charge < -0.3 is 10.6 Å². The number of rotatable bonds is 4. The molecule has 0 aliphatic heterocycles. The van der Waals surface area contributed by atoms with Crippen molar-refractivity contribution in [2.45, 2.75) is 26.3 Å². The quantitative estimate of drug-likeness (QED) is 0.628. The minimum absolute atomic E-state index is 0.135. The van der Waals surface area contributed by atoms with E-state index >= 15 is 0 Å². The summed E-state index contributed by atoms with van der Waals surface area (Å²) >= 11 is 3.49. The lowest BCUT2D eigenvalue weighted by molar-refractivity contribution is 0.626. The Balaban J connectivity index is 2.00. The third kappa shape index (κ3) is 5.00. The molecule has 2 aromatic heterocycles. The molecule has 0 spiro atoms. The smallest absolute Gasteiger partial charge is 0.225 e. The van der Waals surface area contributed by atoms with Gasteiger partial charge in [-0.25, -0.2) is 4.98 Å². The summed E-state index contributed by atoms with van der Waals surface area (Å²) in [6, 6.07) is 13.8. The average Bonchev–Trinajstić information content (AvgIpc) is 2.54. The number of hydrogen-bond donors (Lipinski definition) is 2. The Kier molecular flexibility index (Phi) is 4.99. The molecule has 0 saturated heterocycles. The van der Waals surface area contributed by atoms with Crippen LogP contribution >= 0.6 is 15.9 Å². The van der Waals surface area contributed by atoms with Crippen LogP contribution in [-0.4, -0.2) is 20.5 Å². The van der Waals surface area contributed by atoms with E-state index in [1.165, 1.54) is 0 Å². The molecular formula is C19H20BrN5. The fourth-order valence-corrected chi connectivity index (χ4v) is 2.69. The van der Waals surface area contributed by atoms with Crippen molar-refractivity contribution in [2.24, 2.45) is 0 Å².